The van der Waals surface area contributed by atoms with Crippen molar-refractivity contribution in [2.24, 2.45) is 0 Å². The molecule has 56 heavy (non-hydrogen) atoms. The number of furan rings is 1. The Morgan fingerprint density at radius 1 is 0.357 bits per heavy atom. The van der Waals surface area contributed by atoms with E-state index in [4.69, 9.17) is 19.4 Å². The molecule has 4 nitrogen and oxygen atoms in total. The van der Waals surface area contributed by atoms with Crippen molar-refractivity contribution in [3.05, 3.63) is 188 Å². The normalized spacial score (nSPS) is 11.6. The summed E-state index contributed by atoms with van der Waals surface area (Å²) in [5.41, 5.74) is 11.2. The fourth-order valence-electron chi connectivity index (χ4n) is 7.85. The molecule has 3 heterocycles. The lowest BCUT2D eigenvalue weighted by Crippen LogP contribution is -2.00. The van der Waals surface area contributed by atoms with Crippen molar-refractivity contribution in [3.8, 4) is 67.5 Å². The molecular weight excluding hydrogens is 703 g/mol. The molecular formula is C51H31N3OS. The van der Waals surface area contributed by atoms with Gasteiger partial charge in [-0.3, -0.25) is 0 Å². The maximum Gasteiger partial charge on any atom is 0.164 e. The van der Waals surface area contributed by atoms with Crippen LogP contribution in [0.25, 0.3) is 110 Å². The van der Waals surface area contributed by atoms with Crippen LogP contribution in [0.15, 0.2) is 192 Å². The molecule has 0 N–H and O–H groups in total. The first-order valence-corrected chi connectivity index (χ1v) is 19.5. The predicted octanol–water partition coefficient (Wildman–Crippen LogP) is 14.1. The van der Waals surface area contributed by atoms with Gasteiger partial charge in [0.15, 0.2) is 17.5 Å². The fourth-order valence-corrected chi connectivity index (χ4v) is 9.07. The SMILES string of the molecule is c1ccc(-c2ccc(-c3nc(-c4ccccc4)nc(-c4cccc5oc6c(-c7cc(-c8ccccc8)cc8c7sc7ccccc78)cccc6c45)n3)cc2)cc1. The second kappa shape index (κ2) is 13.3. The van der Waals surface area contributed by atoms with Crippen LogP contribution in [0, 0.1) is 0 Å². The molecule has 0 aliphatic heterocycles. The summed E-state index contributed by atoms with van der Waals surface area (Å²) in [6.07, 6.45) is 0. The summed E-state index contributed by atoms with van der Waals surface area (Å²) in [6.45, 7) is 0. The summed E-state index contributed by atoms with van der Waals surface area (Å²) in [4.78, 5) is 15.3. The third-order valence-corrected chi connectivity index (χ3v) is 11.8. The molecule has 0 unspecified atom stereocenters. The highest BCUT2D eigenvalue weighted by molar-refractivity contribution is 7.26. The lowest BCUT2D eigenvalue weighted by molar-refractivity contribution is 0.670. The largest absolute Gasteiger partial charge is 0.455 e. The Hall–Kier alpha value is -7.21. The maximum atomic E-state index is 6.89. The molecule has 0 fully saturated rings. The second-order valence-electron chi connectivity index (χ2n) is 13.9. The van der Waals surface area contributed by atoms with Gasteiger partial charge in [0.2, 0.25) is 0 Å². The van der Waals surface area contributed by atoms with Crippen molar-refractivity contribution >= 4 is 53.4 Å². The molecule has 3 aromatic heterocycles. The zero-order valence-corrected chi connectivity index (χ0v) is 30.9. The predicted molar refractivity (Wildman–Crippen MR) is 233 cm³/mol. The van der Waals surface area contributed by atoms with Gasteiger partial charge in [0.1, 0.15) is 11.2 Å². The van der Waals surface area contributed by atoms with Gasteiger partial charge in [-0.15, -0.1) is 11.3 Å². The number of fused-ring (bicyclic) bond motifs is 6. The average molecular weight is 734 g/mol. The van der Waals surface area contributed by atoms with Crippen LogP contribution in [-0.2, 0) is 0 Å². The van der Waals surface area contributed by atoms with E-state index in [0.717, 1.165) is 60.9 Å². The Labute approximate surface area is 327 Å². The number of hydrogen-bond acceptors (Lipinski definition) is 5. The monoisotopic (exact) mass is 733 g/mol. The lowest BCUT2D eigenvalue weighted by atomic mass is 9.94. The molecule has 0 radical (unpaired) electrons. The van der Waals surface area contributed by atoms with Gasteiger partial charge < -0.3 is 4.42 Å². The number of hydrogen-bond donors (Lipinski definition) is 0. The molecule has 11 rings (SSSR count). The van der Waals surface area contributed by atoms with Crippen LogP contribution in [0.1, 0.15) is 0 Å². The van der Waals surface area contributed by atoms with Crippen molar-refractivity contribution in [3.63, 3.8) is 0 Å². The molecule has 0 saturated carbocycles. The third kappa shape index (κ3) is 5.48. The van der Waals surface area contributed by atoms with Gasteiger partial charge in [-0.05, 0) is 46.5 Å². The van der Waals surface area contributed by atoms with Crippen LogP contribution in [-0.4, -0.2) is 15.0 Å². The molecule has 0 amide bonds. The number of rotatable bonds is 6. The minimum absolute atomic E-state index is 0.595. The summed E-state index contributed by atoms with van der Waals surface area (Å²) < 4.78 is 9.40. The Morgan fingerprint density at radius 3 is 1.62 bits per heavy atom. The van der Waals surface area contributed by atoms with E-state index in [0.29, 0.717) is 17.5 Å². The summed E-state index contributed by atoms with van der Waals surface area (Å²) in [5.74, 6) is 1.83. The van der Waals surface area contributed by atoms with Crippen LogP contribution in [0.2, 0.25) is 0 Å². The summed E-state index contributed by atoms with van der Waals surface area (Å²) in [7, 11) is 0. The Morgan fingerprint density at radius 2 is 0.893 bits per heavy atom. The summed E-state index contributed by atoms with van der Waals surface area (Å²) >= 11 is 1.83. The van der Waals surface area contributed by atoms with Crippen LogP contribution in [0.4, 0.5) is 0 Å². The van der Waals surface area contributed by atoms with Gasteiger partial charge >= 0.3 is 0 Å². The molecule has 11 aromatic rings. The minimum Gasteiger partial charge on any atom is -0.455 e. The molecule has 0 atom stereocenters. The Kier molecular flexibility index (Phi) is 7.64. The van der Waals surface area contributed by atoms with Gasteiger partial charge in [0.05, 0.1) is 0 Å². The van der Waals surface area contributed by atoms with Gasteiger partial charge in [0.25, 0.3) is 0 Å². The smallest absolute Gasteiger partial charge is 0.164 e. The zero-order chi connectivity index (χ0) is 37.0. The fraction of sp³-hybridized carbons (Fsp3) is 0. The standard InChI is InChI=1S/C51H31N3OS/c1-4-14-32(15-5-1)34-26-28-36(29-27-34)50-52-49(35-18-8-3-9-19-35)53-51(54-50)41-23-13-24-44-46(41)40-22-12-21-39(47(40)55-44)43-31-37(33-16-6-2-7-17-33)30-42-38-20-10-11-25-45(38)56-48(42)43/h1-31H. The minimum atomic E-state index is 0.595. The number of para-hydroxylation sites is 1. The summed E-state index contributed by atoms with van der Waals surface area (Å²) in [5, 5.41) is 4.51. The molecule has 0 bridgehead atoms. The third-order valence-electron chi connectivity index (χ3n) is 10.6. The molecule has 0 spiro atoms. The quantitative estimate of drug-likeness (QED) is 0.171. The van der Waals surface area contributed by atoms with Gasteiger partial charge in [-0.2, -0.15) is 0 Å². The van der Waals surface area contributed by atoms with E-state index in [1.807, 2.05) is 59.9 Å². The number of nitrogens with zero attached hydrogens (tertiary/aromatic N) is 3. The zero-order valence-electron chi connectivity index (χ0n) is 30.1. The topological polar surface area (TPSA) is 51.8 Å². The first-order chi connectivity index (χ1) is 27.7. The van der Waals surface area contributed by atoms with Gasteiger partial charge in [-0.25, -0.2) is 15.0 Å². The summed E-state index contributed by atoms with van der Waals surface area (Å²) in [6, 6.07) is 65.6. The van der Waals surface area contributed by atoms with E-state index in [-0.39, 0.29) is 0 Å². The van der Waals surface area contributed by atoms with E-state index >= 15 is 0 Å². The molecule has 8 aromatic carbocycles. The highest BCUT2D eigenvalue weighted by Crippen LogP contribution is 2.46. The van der Waals surface area contributed by atoms with Crippen LogP contribution >= 0.6 is 11.3 Å². The van der Waals surface area contributed by atoms with Crippen LogP contribution in [0.5, 0.6) is 0 Å². The molecule has 262 valence electrons. The average Bonchev–Trinajstić information content (AvgIpc) is 3.86. The van der Waals surface area contributed by atoms with Crippen molar-refractivity contribution < 1.29 is 4.42 Å². The van der Waals surface area contributed by atoms with Gasteiger partial charge in [0, 0.05) is 58.8 Å². The van der Waals surface area contributed by atoms with E-state index in [1.54, 1.807) is 0 Å². The van der Waals surface area contributed by atoms with Gasteiger partial charge in [-0.1, -0.05) is 164 Å². The molecule has 0 saturated heterocycles. The van der Waals surface area contributed by atoms with Crippen molar-refractivity contribution in [2.45, 2.75) is 0 Å². The van der Waals surface area contributed by atoms with Crippen molar-refractivity contribution in [1.29, 1.82) is 0 Å². The van der Waals surface area contributed by atoms with E-state index in [2.05, 4.69) is 140 Å². The van der Waals surface area contributed by atoms with Crippen molar-refractivity contribution in [1.82, 2.24) is 15.0 Å². The van der Waals surface area contributed by atoms with E-state index in [9.17, 15) is 0 Å². The van der Waals surface area contributed by atoms with Crippen LogP contribution < -0.4 is 0 Å². The highest BCUT2D eigenvalue weighted by atomic mass is 32.1. The van der Waals surface area contributed by atoms with Crippen LogP contribution in [0.3, 0.4) is 0 Å². The Balaban J connectivity index is 1.12. The maximum absolute atomic E-state index is 6.89. The molecule has 0 aliphatic carbocycles. The highest BCUT2D eigenvalue weighted by Gasteiger charge is 2.22. The van der Waals surface area contributed by atoms with Crippen molar-refractivity contribution in [2.75, 3.05) is 0 Å². The number of thiophene rings is 1. The molecule has 0 aliphatic rings. The lowest BCUT2D eigenvalue weighted by Gasteiger charge is -2.10. The Bertz CT molecular complexity index is 3230. The number of aromatic nitrogens is 3. The first-order valence-electron chi connectivity index (χ1n) is 18.7. The molecule has 5 heteroatoms. The van der Waals surface area contributed by atoms with E-state index in [1.165, 1.54) is 31.3 Å². The number of benzene rings is 8. The first kappa shape index (κ1) is 32.2. The van der Waals surface area contributed by atoms with E-state index < -0.39 is 0 Å². The second-order valence-corrected chi connectivity index (χ2v) is 15.0.